The van der Waals surface area contributed by atoms with Gasteiger partial charge in [0.05, 0.1) is 19.6 Å². The lowest BCUT2D eigenvalue weighted by atomic mass is 10.3. The molecule has 7 aromatic rings. The molecule has 326 valence electrons. The van der Waals surface area contributed by atoms with Gasteiger partial charge in [-0.25, -0.2) is 26.4 Å². The van der Waals surface area contributed by atoms with Crippen LogP contribution >= 0.6 is 0 Å². The van der Waals surface area contributed by atoms with Crippen molar-refractivity contribution in [2.24, 2.45) is 0 Å². The van der Waals surface area contributed by atoms with Crippen LogP contribution in [0.2, 0.25) is 0 Å². The van der Waals surface area contributed by atoms with Gasteiger partial charge in [0.25, 0.3) is 0 Å². The Morgan fingerprint density at radius 3 is 1.00 bits per heavy atom. The molecule has 4 N–H and O–H groups in total. The summed E-state index contributed by atoms with van der Waals surface area (Å²) in [6.45, 7) is 0. The molecule has 0 aliphatic carbocycles. The number of benzene rings is 7. The number of hydrogen-bond donors (Lipinski definition) is 4. The van der Waals surface area contributed by atoms with E-state index in [-0.39, 0.29) is 53.8 Å². The molecule has 7 aromatic carbocycles. The van der Waals surface area contributed by atoms with Gasteiger partial charge in [0.2, 0.25) is 19.7 Å². The standard InChI is InChI=1S/C44H34N4O12S4/c49-43(45-31-21-25-39(26-22-31)61(51,52)37-15-3-1-4-16-37)47-33-11-9-13-35(29-33)59-63(55,56)41-19-7-8-20-42(41)64(57,58)60-36-14-10-12-34(30-36)48-44(50)46-32-23-27-40(28-24-32)62(53,54)38-17-5-2-6-18-38/h1-30H,(H2,45,47,49)(H2,46,48,50). The SMILES string of the molecule is O=C(Nc1ccc(S(=O)(=O)c2ccccc2)cc1)Nc1cccc(OS(=O)(=O)c2ccccc2S(=O)(=O)Oc2cccc(NC(=O)Nc3ccc(S(=O)(=O)c4ccccc4)cc3)c2)c1. The van der Waals surface area contributed by atoms with E-state index < -0.39 is 61.8 Å². The summed E-state index contributed by atoms with van der Waals surface area (Å²) in [5, 5.41) is 10.1. The summed E-state index contributed by atoms with van der Waals surface area (Å²) in [5.41, 5.74) is 0.693. The summed E-state index contributed by atoms with van der Waals surface area (Å²) < 4.78 is 116. The Bertz CT molecular complexity index is 3080. The fraction of sp³-hybridized carbons (Fsp3) is 0. The summed E-state index contributed by atoms with van der Waals surface area (Å²) in [7, 11) is -17.3. The highest BCUT2D eigenvalue weighted by atomic mass is 32.2. The molecule has 0 aliphatic heterocycles. The van der Waals surface area contributed by atoms with E-state index in [2.05, 4.69) is 21.3 Å². The Morgan fingerprint density at radius 1 is 0.328 bits per heavy atom. The van der Waals surface area contributed by atoms with Gasteiger partial charge in [0.15, 0.2) is 0 Å². The maximum atomic E-state index is 13.6. The first kappa shape index (κ1) is 44.5. The molecule has 0 bridgehead atoms. The maximum absolute atomic E-state index is 13.6. The number of carbonyl (C=O) groups is 2. The van der Waals surface area contributed by atoms with Crippen molar-refractivity contribution in [3.63, 3.8) is 0 Å². The van der Waals surface area contributed by atoms with Crippen LogP contribution in [0, 0.1) is 0 Å². The number of carbonyl (C=O) groups excluding carboxylic acids is 2. The van der Waals surface area contributed by atoms with Gasteiger partial charge < -0.3 is 29.6 Å². The normalized spacial score (nSPS) is 11.8. The number of sulfone groups is 2. The highest BCUT2D eigenvalue weighted by Crippen LogP contribution is 2.30. The number of hydrogen-bond acceptors (Lipinski definition) is 12. The van der Waals surface area contributed by atoms with Gasteiger partial charge in [0, 0.05) is 34.9 Å². The van der Waals surface area contributed by atoms with Gasteiger partial charge in [0.1, 0.15) is 21.3 Å². The van der Waals surface area contributed by atoms with E-state index in [1.807, 2.05) is 0 Å². The number of amides is 4. The van der Waals surface area contributed by atoms with Crippen LogP contribution in [-0.4, -0.2) is 45.7 Å². The van der Waals surface area contributed by atoms with Crippen molar-refractivity contribution in [3.05, 3.63) is 182 Å². The molecule has 0 radical (unpaired) electrons. The topological polar surface area (TPSA) is 237 Å². The maximum Gasteiger partial charge on any atom is 0.340 e. The van der Waals surface area contributed by atoms with Crippen LogP contribution in [0.4, 0.5) is 32.3 Å². The van der Waals surface area contributed by atoms with Crippen molar-refractivity contribution in [1.29, 1.82) is 0 Å². The first-order chi connectivity index (χ1) is 30.5. The largest absolute Gasteiger partial charge is 0.379 e. The lowest BCUT2D eigenvalue weighted by Gasteiger charge is -2.14. The Morgan fingerprint density at radius 2 is 0.641 bits per heavy atom. The van der Waals surface area contributed by atoms with Crippen LogP contribution in [0.15, 0.2) is 211 Å². The molecule has 0 saturated heterocycles. The molecule has 7 rings (SSSR count). The van der Waals surface area contributed by atoms with Gasteiger partial charge in [-0.15, -0.1) is 0 Å². The average molecular weight is 939 g/mol. The van der Waals surface area contributed by atoms with Crippen LogP contribution in [0.3, 0.4) is 0 Å². The third kappa shape index (κ3) is 10.6. The van der Waals surface area contributed by atoms with Gasteiger partial charge in [-0.2, -0.15) is 16.8 Å². The van der Waals surface area contributed by atoms with Crippen LogP contribution in [-0.2, 0) is 39.9 Å². The van der Waals surface area contributed by atoms with Crippen molar-refractivity contribution in [3.8, 4) is 11.5 Å². The minimum atomic E-state index is -4.86. The molecule has 0 fully saturated rings. The average Bonchev–Trinajstić information content (AvgIpc) is 3.27. The molecule has 0 unspecified atom stereocenters. The van der Waals surface area contributed by atoms with Crippen molar-refractivity contribution in [1.82, 2.24) is 0 Å². The van der Waals surface area contributed by atoms with E-state index in [0.717, 1.165) is 12.1 Å². The number of urea groups is 2. The highest BCUT2D eigenvalue weighted by molar-refractivity contribution is 7.92. The quantitative estimate of drug-likeness (QED) is 0.0756. The van der Waals surface area contributed by atoms with Gasteiger partial charge in [-0.1, -0.05) is 60.7 Å². The number of anilines is 4. The third-order valence-electron chi connectivity index (χ3n) is 8.94. The molecule has 0 saturated carbocycles. The van der Waals surface area contributed by atoms with Crippen molar-refractivity contribution in [2.75, 3.05) is 21.3 Å². The molecular formula is C44H34N4O12S4. The molecule has 0 atom stereocenters. The monoisotopic (exact) mass is 938 g/mol. The molecular weight excluding hydrogens is 905 g/mol. The van der Waals surface area contributed by atoms with Crippen LogP contribution < -0.4 is 29.6 Å². The molecule has 64 heavy (non-hydrogen) atoms. The zero-order chi connectivity index (χ0) is 45.5. The Labute approximate surface area is 368 Å². The van der Waals surface area contributed by atoms with Crippen LogP contribution in [0.1, 0.15) is 0 Å². The van der Waals surface area contributed by atoms with E-state index in [4.69, 9.17) is 8.37 Å². The zero-order valence-corrected chi connectivity index (χ0v) is 36.1. The summed E-state index contributed by atoms with van der Waals surface area (Å²) in [6.07, 6.45) is 0. The molecule has 0 aliphatic rings. The third-order valence-corrected chi connectivity index (χ3v) is 15.2. The first-order valence-electron chi connectivity index (χ1n) is 18.6. The second-order valence-corrected chi connectivity index (χ2v) is 20.3. The lowest BCUT2D eigenvalue weighted by molar-refractivity contribution is 0.261. The predicted molar refractivity (Wildman–Crippen MR) is 237 cm³/mol. The minimum absolute atomic E-state index is 0.0173. The smallest absolute Gasteiger partial charge is 0.340 e. The molecule has 0 spiro atoms. The summed E-state index contributed by atoms with van der Waals surface area (Å²) in [4.78, 5) is 24.4. The second-order valence-electron chi connectivity index (χ2n) is 13.4. The van der Waals surface area contributed by atoms with Gasteiger partial charge >= 0.3 is 32.3 Å². The molecule has 4 amide bonds. The van der Waals surface area contributed by atoms with Crippen molar-refractivity contribution >= 4 is 74.7 Å². The Kier molecular flexibility index (Phi) is 12.8. The highest BCUT2D eigenvalue weighted by Gasteiger charge is 2.30. The Balaban J connectivity index is 0.976. The second kappa shape index (κ2) is 18.4. The minimum Gasteiger partial charge on any atom is -0.379 e. The first-order valence-corrected chi connectivity index (χ1v) is 24.4. The lowest BCUT2D eigenvalue weighted by Crippen LogP contribution is -2.20. The van der Waals surface area contributed by atoms with E-state index in [9.17, 15) is 43.3 Å². The molecule has 0 aromatic heterocycles. The number of rotatable bonds is 14. The number of nitrogens with one attached hydrogen (secondary N) is 4. The fourth-order valence-corrected chi connectivity index (χ4v) is 11.1. The molecule has 20 heteroatoms. The van der Waals surface area contributed by atoms with E-state index in [0.29, 0.717) is 0 Å². The van der Waals surface area contributed by atoms with Gasteiger partial charge in [-0.3, -0.25) is 0 Å². The van der Waals surface area contributed by atoms with E-state index >= 15 is 0 Å². The summed E-state index contributed by atoms with van der Waals surface area (Å²) in [6, 6.07) is 40.2. The fourth-order valence-electron chi connectivity index (χ4n) is 5.95. The van der Waals surface area contributed by atoms with E-state index in [1.54, 1.807) is 36.4 Å². The predicted octanol–water partition coefficient (Wildman–Crippen LogP) is 8.18. The summed E-state index contributed by atoms with van der Waals surface area (Å²) >= 11 is 0. The van der Waals surface area contributed by atoms with Gasteiger partial charge in [-0.05, 0) is 109 Å². The zero-order valence-electron chi connectivity index (χ0n) is 32.9. The van der Waals surface area contributed by atoms with Crippen molar-refractivity contribution < 1.29 is 51.6 Å². The molecule has 0 heterocycles. The summed E-state index contributed by atoms with van der Waals surface area (Å²) in [5.74, 6) is -0.571. The van der Waals surface area contributed by atoms with Crippen LogP contribution in [0.25, 0.3) is 0 Å². The van der Waals surface area contributed by atoms with Crippen LogP contribution in [0.5, 0.6) is 11.5 Å². The molecule has 16 nitrogen and oxygen atoms in total. The van der Waals surface area contributed by atoms with Crippen molar-refractivity contribution in [2.45, 2.75) is 29.4 Å². The van der Waals surface area contributed by atoms with E-state index in [1.165, 1.54) is 133 Å². The Hall–Kier alpha value is -7.52.